The van der Waals surface area contributed by atoms with Crippen LogP contribution >= 0.6 is 0 Å². The number of carbonyl (C=O) groups is 4. The molecule has 0 aliphatic carbocycles. The molecule has 3 saturated heterocycles. The van der Waals surface area contributed by atoms with Gasteiger partial charge in [-0.2, -0.15) is 0 Å². The van der Waals surface area contributed by atoms with Gasteiger partial charge in [0.2, 0.25) is 11.8 Å². The monoisotopic (exact) mass is 984 g/mol. The Labute approximate surface area is 416 Å². The maximum absolute atomic E-state index is 16.7. The number of likely N-dealkylation sites (tertiary alicyclic amines) is 2. The van der Waals surface area contributed by atoms with Gasteiger partial charge in [0.25, 0.3) is 0 Å². The fraction of sp³-hybridized carbons (Fsp3) is 0.444. The molecule has 18 heteroatoms. The fourth-order valence-electron chi connectivity index (χ4n) is 11.5. The SMILES string of the molecule is COC(=O)NC(C(=O)N1CCC[C@H]1c1nc2cc([C@H]3CC[C@H](c4ccc5[nH]c([C@@H]6CCCN6C(=O)[C@@H](NC(=O)OC)C(C)C)nc5c4)N3c3cc(F)c(N4Cc5ccccc5C4)c(F)c3)ccc2[nH]1)C(C)C. The number of alkyl carbamates (subject to hydrolysis) is 2. The molecule has 4 aliphatic rings. The van der Waals surface area contributed by atoms with Gasteiger partial charge in [0.1, 0.15) is 29.4 Å². The number of anilines is 2. The topological polar surface area (TPSA) is 181 Å². The molecule has 4 N–H and O–H groups in total. The van der Waals surface area contributed by atoms with E-state index < -0.39 is 35.9 Å². The number of nitrogens with one attached hydrogen (secondary N) is 4. The molecule has 6 aromatic rings. The highest BCUT2D eigenvalue weighted by molar-refractivity contribution is 5.88. The number of H-pyrrole nitrogens is 2. The highest BCUT2D eigenvalue weighted by Crippen LogP contribution is 2.49. The summed E-state index contributed by atoms with van der Waals surface area (Å²) in [5, 5.41) is 5.42. The number of ether oxygens (including phenoxy) is 2. The minimum atomic E-state index is -0.768. The van der Waals surface area contributed by atoms with E-state index >= 15 is 8.78 Å². The van der Waals surface area contributed by atoms with Crippen molar-refractivity contribution in [2.75, 3.05) is 37.1 Å². The van der Waals surface area contributed by atoms with Crippen molar-refractivity contribution in [3.63, 3.8) is 0 Å². The summed E-state index contributed by atoms with van der Waals surface area (Å²) in [5.41, 5.74) is 7.24. The van der Waals surface area contributed by atoms with Gasteiger partial charge >= 0.3 is 12.2 Å². The first kappa shape index (κ1) is 48.4. The van der Waals surface area contributed by atoms with Crippen LogP contribution in [0.15, 0.2) is 72.8 Å². The molecule has 0 radical (unpaired) electrons. The first-order valence-corrected chi connectivity index (χ1v) is 25.1. The first-order chi connectivity index (χ1) is 34.7. The van der Waals surface area contributed by atoms with Crippen molar-refractivity contribution in [2.45, 2.75) is 116 Å². The highest BCUT2D eigenvalue weighted by atomic mass is 19.1. The molecule has 378 valence electrons. The Kier molecular flexibility index (Phi) is 13.3. The van der Waals surface area contributed by atoms with Crippen molar-refractivity contribution in [3.05, 3.63) is 118 Å². The zero-order valence-electron chi connectivity index (χ0n) is 41.5. The van der Waals surface area contributed by atoms with Crippen molar-refractivity contribution in [2.24, 2.45) is 11.8 Å². The van der Waals surface area contributed by atoms with Crippen LogP contribution in [-0.2, 0) is 32.2 Å². The smallest absolute Gasteiger partial charge is 0.407 e. The lowest BCUT2D eigenvalue weighted by molar-refractivity contribution is -0.136. The first-order valence-electron chi connectivity index (χ1n) is 25.1. The lowest BCUT2D eigenvalue weighted by Crippen LogP contribution is -2.51. The zero-order chi connectivity index (χ0) is 50.5. The third kappa shape index (κ3) is 9.04. The minimum Gasteiger partial charge on any atom is -0.453 e. The van der Waals surface area contributed by atoms with Gasteiger partial charge in [-0.05, 0) is 109 Å². The summed E-state index contributed by atoms with van der Waals surface area (Å²) in [6.07, 6.45) is 2.93. The lowest BCUT2D eigenvalue weighted by atomic mass is 10.0. The van der Waals surface area contributed by atoms with Crippen LogP contribution in [0.2, 0.25) is 0 Å². The molecule has 16 nitrogen and oxygen atoms in total. The number of rotatable bonds is 12. The number of carbonyl (C=O) groups excluding carboxylic acids is 4. The van der Waals surface area contributed by atoms with Crippen LogP contribution in [0.25, 0.3) is 22.1 Å². The maximum Gasteiger partial charge on any atom is 0.407 e. The molecule has 4 amide bonds. The number of aromatic nitrogens is 4. The van der Waals surface area contributed by atoms with Crippen LogP contribution in [0.5, 0.6) is 0 Å². The molecule has 2 aromatic heterocycles. The Hall–Kier alpha value is -7.24. The molecule has 72 heavy (non-hydrogen) atoms. The average molecular weight is 985 g/mol. The Morgan fingerprint density at radius 1 is 0.625 bits per heavy atom. The van der Waals surface area contributed by atoms with Crippen LogP contribution in [0, 0.1) is 23.5 Å². The van der Waals surface area contributed by atoms with E-state index in [4.69, 9.17) is 19.4 Å². The molecule has 1 unspecified atom stereocenters. The van der Waals surface area contributed by atoms with E-state index in [2.05, 4.69) is 25.5 Å². The number of fused-ring (bicyclic) bond motifs is 3. The van der Waals surface area contributed by atoms with E-state index in [9.17, 15) is 19.2 Å². The van der Waals surface area contributed by atoms with Gasteiger partial charge in [-0.1, -0.05) is 64.1 Å². The number of benzene rings is 4. The number of halogens is 2. The van der Waals surface area contributed by atoms with Crippen molar-refractivity contribution in [1.82, 2.24) is 40.4 Å². The second-order valence-electron chi connectivity index (χ2n) is 20.3. The van der Waals surface area contributed by atoms with Crippen LogP contribution < -0.4 is 20.4 Å². The summed E-state index contributed by atoms with van der Waals surface area (Å²) in [6, 6.07) is 20.0. The molecular weight excluding hydrogens is 923 g/mol. The Balaban J connectivity index is 0.976. The molecule has 6 atom stereocenters. The third-order valence-corrected chi connectivity index (χ3v) is 15.1. The molecule has 0 spiro atoms. The predicted molar refractivity (Wildman–Crippen MR) is 268 cm³/mol. The molecule has 6 heterocycles. The second kappa shape index (κ2) is 19.8. The fourth-order valence-corrected chi connectivity index (χ4v) is 11.5. The van der Waals surface area contributed by atoms with E-state index in [0.29, 0.717) is 80.2 Å². The molecule has 3 fully saturated rings. The summed E-state index contributed by atoms with van der Waals surface area (Å²) < 4.78 is 43.0. The molecular formula is C54H62F2N10O6. The normalized spacial score (nSPS) is 20.8. The van der Waals surface area contributed by atoms with Crippen molar-refractivity contribution in [3.8, 4) is 0 Å². The lowest BCUT2D eigenvalue weighted by Gasteiger charge is -2.34. The number of nitrogens with zero attached hydrogens (tertiary/aromatic N) is 6. The maximum atomic E-state index is 16.7. The standard InChI is InChI=1S/C54H62F2N10O6/c1-29(2)46(61-53(69)71-5)51(67)64-21-9-13-44(64)49-57-38-17-15-31(23-40(38)59-49)42-19-20-43(66(42)35-25-36(55)48(37(56)26-35)63-27-33-11-7-8-12-34(33)28-63)32-16-18-39-41(24-32)60-50(58-39)45-14-10-22-65(45)52(68)47(30(3)4)62-54(70)72-6/h7-8,11-12,15-18,23-26,29-30,42-47H,9-10,13-14,19-22,27-28H2,1-6H3,(H,57,59)(H,58,60)(H,61,69)(H,62,70)/t42-,43-,44+,45+,46+,47?/m1/s1. The number of aromatic amines is 2. The zero-order valence-corrected chi connectivity index (χ0v) is 41.5. The van der Waals surface area contributed by atoms with Gasteiger partial charge in [0.15, 0.2) is 11.6 Å². The quantitative estimate of drug-likeness (QED) is 0.0923. The molecule has 10 rings (SSSR count). The van der Waals surface area contributed by atoms with E-state index in [1.54, 1.807) is 14.7 Å². The van der Waals surface area contributed by atoms with Gasteiger partial charge in [0.05, 0.1) is 60.5 Å². The van der Waals surface area contributed by atoms with E-state index in [1.165, 1.54) is 26.4 Å². The van der Waals surface area contributed by atoms with Gasteiger partial charge in [-0.15, -0.1) is 0 Å². The summed E-state index contributed by atoms with van der Waals surface area (Å²) in [7, 11) is 2.55. The molecule has 4 aliphatic heterocycles. The molecule has 0 bridgehead atoms. The minimum absolute atomic E-state index is 0.0568. The number of imidazole rings is 2. The van der Waals surface area contributed by atoms with Gasteiger partial charge in [0, 0.05) is 31.9 Å². The van der Waals surface area contributed by atoms with E-state index in [1.807, 2.05) is 88.4 Å². The van der Waals surface area contributed by atoms with Crippen LogP contribution in [0.3, 0.4) is 0 Å². The summed E-state index contributed by atoms with van der Waals surface area (Å²) in [5.74, 6) is -0.739. The Morgan fingerprint density at radius 3 is 1.49 bits per heavy atom. The molecule has 4 aromatic carbocycles. The van der Waals surface area contributed by atoms with E-state index in [-0.39, 0.29) is 53.5 Å². The summed E-state index contributed by atoms with van der Waals surface area (Å²) >= 11 is 0. The van der Waals surface area contributed by atoms with Crippen LogP contribution in [-0.4, -0.2) is 93.1 Å². The predicted octanol–water partition coefficient (Wildman–Crippen LogP) is 9.41. The molecule has 0 saturated carbocycles. The highest BCUT2D eigenvalue weighted by Gasteiger charge is 2.41. The summed E-state index contributed by atoms with van der Waals surface area (Å²) in [4.78, 5) is 76.8. The Morgan fingerprint density at radius 2 is 1.07 bits per heavy atom. The third-order valence-electron chi connectivity index (χ3n) is 15.1. The van der Waals surface area contributed by atoms with Crippen LogP contribution in [0.1, 0.15) is 124 Å². The van der Waals surface area contributed by atoms with Gasteiger partial charge in [-0.25, -0.2) is 28.3 Å². The summed E-state index contributed by atoms with van der Waals surface area (Å²) in [6.45, 7) is 9.37. The number of hydrogen-bond donors (Lipinski definition) is 4. The van der Waals surface area contributed by atoms with Crippen molar-refractivity contribution >= 4 is 57.4 Å². The van der Waals surface area contributed by atoms with Gasteiger partial charge < -0.3 is 49.7 Å². The van der Waals surface area contributed by atoms with E-state index in [0.717, 1.165) is 46.1 Å². The Bertz CT molecular complexity index is 2850. The van der Waals surface area contributed by atoms with Gasteiger partial charge in [-0.3, -0.25) is 9.59 Å². The van der Waals surface area contributed by atoms with Crippen LogP contribution in [0.4, 0.5) is 29.7 Å². The largest absolute Gasteiger partial charge is 0.453 e. The average Bonchev–Trinajstić information content (AvgIpc) is 4.23. The number of methoxy groups -OCH3 is 2. The number of hydrogen-bond acceptors (Lipinski definition) is 10. The van der Waals surface area contributed by atoms with Crippen molar-refractivity contribution in [1.29, 1.82) is 0 Å². The van der Waals surface area contributed by atoms with Crippen molar-refractivity contribution < 1.29 is 37.4 Å². The second-order valence-corrected chi connectivity index (χ2v) is 20.3. The number of amides is 4.